The lowest BCUT2D eigenvalue weighted by Gasteiger charge is -2.52. The van der Waals surface area contributed by atoms with E-state index in [1.165, 1.54) is 6.42 Å². The summed E-state index contributed by atoms with van der Waals surface area (Å²) in [5.74, 6) is 3.25. The molecule has 0 amide bonds. The molecular weight excluding hydrogens is 304 g/mol. The SMILES string of the molecule is Cc1ccc(CN2CC3(CC[C@H](CNc4ncccn4)CO3)C2)o1. The fourth-order valence-corrected chi connectivity index (χ4v) is 3.62. The van der Waals surface area contributed by atoms with E-state index in [-0.39, 0.29) is 5.60 Å². The monoisotopic (exact) mass is 328 g/mol. The Kier molecular flexibility index (Phi) is 4.24. The van der Waals surface area contributed by atoms with Gasteiger partial charge >= 0.3 is 0 Å². The molecule has 6 nitrogen and oxygen atoms in total. The van der Waals surface area contributed by atoms with E-state index >= 15 is 0 Å². The Labute approximate surface area is 142 Å². The first-order valence-electron chi connectivity index (χ1n) is 8.63. The van der Waals surface area contributed by atoms with Gasteiger partial charge in [-0.2, -0.15) is 0 Å². The maximum absolute atomic E-state index is 6.22. The molecule has 1 spiro atoms. The van der Waals surface area contributed by atoms with Crippen LogP contribution < -0.4 is 5.32 Å². The fraction of sp³-hybridized carbons (Fsp3) is 0.556. The average molecular weight is 328 g/mol. The Bertz CT molecular complexity index is 657. The summed E-state index contributed by atoms with van der Waals surface area (Å²) in [6.45, 7) is 6.57. The molecule has 2 aromatic rings. The Morgan fingerprint density at radius 3 is 2.79 bits per heavy atom. The van der Waals surface area contributed by atoms with Crippen molar-refractivity contribution in [1.82, 2.24) is 14.9 Å². The summed E-state index contributed by atoms with van der Waals surface area (Å²) >= 11 is 0. The molecule has 0 aromatic carbocycles. The van der Waals surface area contributed by atoms with Gasteiger partial charge in [0, 0.05) is 32.0 Å². The fourth-order valence-electron chi connectivity index (χ4n) is 3.62. The number of aryl methyl sites for hydroxylation is 1. The third kappa shape index (κ3) is 3.44. The van der Waals surface area contributed by atoms with Crippen molar-refractivity contribution in [2.45, 2.75) is 31.9 Å². The van der Waals surface area contributed by atoms with E-state index in [0.717, 1.165) is 50.7 Å². The molecule has 128 valence electrons. The number of hydrogen-bond acceptors (Lipinski definition) is 6. The smallest absolute Gasteiger partial charge is 0.222 e. The van der Waals surface area contributed by atoms with Crippen molar-refractivity contribution in [3.05, 3.63) is 42.1 Å². The lowest BCUT2D eigenvalue weighted by atomic mass is 9.83. The molecule has 0 saturated carbocycles. The first-order chi connectivity index (χ1) is 11.7. The van der Waals surface area contributed by atoms with Crippen LogP contribution in [0, 0.1) is 12.8 Å². The highest BCUT2D eigenvalue weighted by Gasteiger charge is 2.46. The highest BCUT2D eigenvalue weighted by Crippen LogP contribution is 2.36. The zero-order valence-corrected chi connectivity index (χ0v) is 14.1. The van der Waals surface area contributed by atoms with Gasteiger partial charge in [0.05, 0.1) is 18.8 Å². The van der Waals surface area contributed by atoms with Crippen LogP contribution in [-0.4, -0.2) is 46.7 Å². The summed E-state index contributed by atoms with van der Waals surface area (Å²) in [5.41, 5.74) is 0.0708. The second-order valence-electron chi connectivity index (χ2n) is 7.01. The van der Waals surface area contributed by atoms with Crippen LogP contribution in [0.15, 0.2) is 35.0 Å². The van der Waals surface area contributed by atoms with Gasteiger partial charge in [0.2, 0.25) is 5.95 Å². The topological polar surface area (TPSA) is 63.4 Å². The van der Waals surface area contributed by atoms with Gasteiger partial charge in [-0.3, -0.25) is 4.90 Å². The highest BCUT2D eigenvalue weighted by atomic mass is 16.5. The van der Waals surface area contributed by atoms with Gasteiger partial charge in [0.15, 0.2) is 0 Å². The molecule has 2 fully saturated rings. The minimum atomic E-state index is 0.0708. The molecule has 4 rings (SSSR count). The maximum atomic E-state index is 6.22. The van der Waals surface area contributed by atoms with E-state index < -0.39 is 0 Å². The number of furan rings is 1. The second-order valence-corrected chi connectivity index (χ2v) is 7.01. The van der Waals surface area contributed by atoms with Crippen LogP contribution in [0.1, 0.15) is 24.4 Å². The predicted molar refractivity (Wildman–Crippen MR) is 90.7 cm³/mol. The lowest BCUT2D eigenvalue weighted by Crippen LogP contribution is -2.64. The molecule has 4 heterocycles. The molecule has 2 aromatic heterocycles. The summed E-state index contributed by atoms with van der Waals surface area (Å²) in [6.07, 6.45) is 5.83. The zero-order valence-electron chi connectivity index (χ0n) is 14.1. The normalized spacial score (nSPS) is 23.1. The third-order valence-corrected chi connectivity index (χ3v) is 4.95. The van der Waals surface area contributed by atoms with Crippen LogP contribution in [0.3, 0.4) is 0 Å². The van der Waals surface area contributed by atoms with Crippen molar-refractivity contribution in [1.29, 1.82) is 0 Å². The largest absolute Gasteiger partial charge is 0.465 e. The van der Waals surface area contributed by atoms with E-state index in [0.29, 0.717) is 11.9 Å². The van der Waals surface area contributed by atoms with Crippen molar-refractivity contribution >= 4 is 5.95 Å². The van der Waals surface area contributed by atoms with E-state index in [1.54, 1.807) is 12.4 Å². The van der Waals surface area contributed by atoms with Crippen LogP contribution in [0.4, 0.5) is 5.95 Å². The van der Waals surface area contributed by atoms with E-state index in [9.17, 15) is 0 Å². The van der Waals surface area contributed by atoms with Crippen molar-refractivity contribution in [3.63, 3.8) is 0 Å². The van der Waals surface area contributed by atoms with Gasteiger partial charge < -0.3 is 14.5 Å². The number of rotatable bonds is 5. The lowest BCUT2D eigenvalue weighted by molar-refractivity contribution is -0.181. The summed E-state index contributed by atoms with van der Waals surface area (Å²) in [4.78, 5) is 10.8. The van der Waals surface area contributed by atoms with Gasteiger partial charge in [-0.1, -0.05) is 0 Å². The number of nitrogens with one attached hydrogen (secondary N) is 1. The van der Waals surface area contributed by atoms with Crippen LogP contribution in [0.2, 0.25) is 0 Å². The highest BCUT2D eigenvalue weighted by molar-refractivity contribution is 5.22. The minimum Gasteiger partial charge on any atom is -0.465 e. The molecule has 24 heavy (non-hydrogen) atoms. The van der Waals surface area contributed by atoms with Gasteiger partial charge in [-0.05, 0) is 43.9 Å². The predicted octanol–water partition coefficient (Wildman–Crippen LogP) is 2.47. The number of hydrogen-bond donors (Lipinski definition) is 1. The molecule has 6 heteroatoms. The summed E-state index contributed by atoms with van der Waals surface area (Å²) in [5, 5.41) is 3.30. The molecule has 2 aliphatic rings. The molecule has 0 bridgehead atoms. The van der Waals surface area contributed by atoms with E-state index in [4.69, 9.17) is 9.15 Å². The number of anilines is 1. The zero-order chi connectivity index (χ0) is 16.4. The quantitative estimate of drug-likeness (QED) is 0.910. The van der Waals surface area contributed by atoms with E-state index in [1.807, 2.05) is 19.1 Å². The van der Waals surface area contributed by atoms with Crippen molar-refractivity contribution < 1.29 is 9.15 Å². The minimum absolute atomic E-state index is 0.0708. The van der Waals surface area contributed by atoms with Gasteiger partial charge in [0.25, 0.3) is 0 Å². The van der Waals surface area contributed by atoms with Gasteiger partial charge in [-0.15, -0.1) is 0 Å². The van der Waals surface area contributed by atoms with Crippen LogP contribution >= 0.6 is 0 Å². The summed E-state index contributed by atoms with van der Waals surface area (Å²) in [7, 11) is 0. The van der Waals surface area contributed by atoms with E-state index in [2.05, 4.69) is 26.3 Å². The summed E-state index contributed by atoms with van der Waals surface area (Å²) < 4.78 is 11.9. The molecule has 0 radical (unpaired) electrons. The standard InChI is InChI=1S/C18H24N4O2/c1-14-3-4-16(24-14)10-22-12-18(13-22)6-5-15(11-23-18)9-21-17-19-7-2-8-20-17/h2-4,7-8,15H,5-6,9-13H2,1H3,(H,19,20,21)/t15-/m1/s1. The first kappa shape index (κ1) is 15.6. The molecule has 2 aliphatic heterocycles. The number of aromatic nitrogens is 2. The molecule has 1 atom stereocenters. The van der Waals surface area contributed by atoms with Gasteiger partial charge in [0.1, 0.15) is 11.5 Å². The molecule has 0 aliphatic carbocycles. The Hall–Kier alpha value is -1.92. The Morgan fingerprint density at radius 1 is 1.29 bits per heavy atom. The maximum Gasteiger partial charge on any atom is 0.222 e. The van der Waals surface area contributed by atoms with Crippen molar-refractivity contribution in [2.24, 2.45) is 5.92 Å². The Morgan fingerprint density at radius 2 is 2.12 bits per heavy atom. The third-order valence-electron chi connectivity index (χ3n) is 4.95. The number of nitrogens with zero attached hydrogens (tertiary/aromatic N) is 3. The molecule has 0 unspecified atom stereocenters. The van der Waals surface area contributed by atoms with Crippen LogP contribution in [0.25, 0.3) is 0 Å². The van der Waals surface area contributed by atoms with Crippen molar-refractivity contribution in [3.8, 4) is 0 Å². The van der Waals surface area contributed by atoms with Gasteiger partial charge in [-0.25, -0.2) is 9.97 Å². The molecule has 2 saturated heterocycles. The Balaban J connectivity index is 1.20. The van der Waals surface area contributed by atoms with Crippen LogP contribution in [-0.2, 0) is 11.3 Å². The van der Waals surface area contributed by atoms with Crippen LogP contribution in [0.5, 0.6) is 0 Å². The second kappa shape index (κ2) is 6.53. The number of ether oxygens (including phenoxy) is 1. The molecular formula is C18H24N4O2. The average Bonchev–Trinajstić information content (AvgIpc) is 2.99. The molecule has 1 N–H and O–H groups in total. The number of likely N-dealkylation sites (tertiary alicyclic amines) is 1. The first-order valence-corrected chi connectivity index (χ1v) is 8.63. The van der Waals surface area contributed by atoms with Crippen molar-refractivity contribution in [2.75, 3.05) is 31.6 Å². The summed E-state index contributed by atoms with van der Waals surface area (Å²) in [6, 6.07) is 5.91.